The lowest BCUT2D eigenvalue weighted by Crippen LogP contribution is -2.15. The van der Waals surface area contributed by atoms with Gasteiger partial charge < -0.3 is 14.8 Å². The summed E-state index contributed by atoms with van der Waals surface area (Å²) in [5.41, 5.74) is 1.61. The summed E-state index contributed by atoms with van der Waals surface area (Å²) in [6, 6.07) is 7.54. The van der Waals surface area contributed by atoms with Gasteiger partial charge in [0.05, 0.1) is 25.7 Å². The number of anilines is 1. The third-order valence-corrected chi connectivity index (χ3v) is 5.99. The molecular weight excluding hydrogens is 408 g/mol. The summed E-state index contributed by atoms with van der Waals surface area (Å²) in [4.78, 5) is 13.8. The smallest absolute Gasteiger partial charge is 0.234 e. The normalized spacial score (nSPS) is 11.0. The number of benzene rings is 1. The fourth-order valence-electron chi connectivity index (χ4n) is 2.83. The molecule has 9 heteroatoms. The van der Waals surface area contributed by atoms with Crippen LogP contribution in [0.5, 0.6) is 11.5 Å². The lowest BCUT2D eigenvalue weighted by Gasteiger charge is -2.14. The third-order valence-electron chi connectivity index (χ3n) is 4.18. The number of nitrogens with zero attached hydrogens (tertiary/aromatic N) is 3. The van der Waals surface area contributed by atoms with Gasteiger partial charge in [-0.05, 0) is 39.0 Å². The van der Waals surface area contributed by atoms with Crippen LogP contribution in [0.15, 0.2) is 34.8 Å². The number of aromatic nitrogens is 3. The van der Waals surface area contributed by atoms with Gasteiger partial charge in [-0.2, -0.15) is 0 Å². The second-order valence-electron chi connectivity index (χ2n) is 6.62. The zero-order valence-corrected chi connectivity index (χ0v) is 18.7. The van der Waals surface area contributed by atoms with E-state index in [0.717, 1.165) is 11.4 Å². The number of carbonyl (C=O) groups is 1. The van der Waals surface area contributed by atoms with Gasteiger partial charge in [0.1, 0.15) is 11.5 Å². The predicted octanol–water partition coefficient (Wildman–Crippen LogP) is 4.64. The molecule has 1 N–H and O–H groups in total. The Morgan fingerprint density at radius 1 is 1.24 bits per heavy atom. The molecule has 2 heterocycles. The highest BCUT2D eigenvalue weighted by molar-refractivity contribution is 7.99. The van der Waals surface area contributed by atoms with Crippen molar-refractivity contribution in [3.63, 3.8) is 0 Å². The minimum Gasteiger partial charge on any atom is -0.497 e. The van der Waals surface area contributed by atoms with Crippen molar-refractivity contribution in [3.05, 3.63) is 34.5 Å². The first kappa shape index (κ1) is 21.2. The number of rotatable bonds is 8. The number of carbonyl (C=O) groups excluding carboxylic acids is 1. The number of ether oxygens (including phenoxy) is 2. The predicted molar refractivity (Wildman–Crippen MR) is 117 cm³/mol. The molecule has 0 spiro atoms. The van der Waals surface area contributed by atoms with Crippen LogP contribution in [0.2, 0.25) is 0 Å². The van der Waals surface area contributed by atoms with Gasteiger partial charge in [0.15, 0.2) is 11.0 Å². The van der Waals surface area contributed by atoms with Crippen molar-refractivity contribution >= 4 is 34.7 Å². The van der Waals surface area contributed by atoms with Crippen LogP contribution in [-0.4, -0.2) is 40.6 Å². The third kappa shape index (κ3) is 4.91. The Morgan fingerprint density at radius 3 is 2.66 bits per heavy atom. The average Bonchev–Trinajstić information content (AvgIpc) is 3.32. The molecular formula is C20H24N4O3S2. The van der Waals surface area contributed by atoms with E-state index in [1.807, 2.05) is 0 Å². The minimum absolute atomic E-state index is 0.159. The number of nitrogens with one attached hydrogen (secondary N) is 1. The Kier molecular flexibility index (Phi) is 6.81. The van der Waals surface area contributed by atoms with Crippen molar-refractivity contribution < 1.29 is 14.3 Å². The summed E-state index contributed by atoms with van der Waals surface area (Å²) in [6.45, 7) is 6.23. The van der Waals surface area contributed by atoms with Crippen molar-refractivity contribution in [2.45, 2.75) is 32.0 Å². The summed E-state index contributed by atoms with van der Waals surface area (Å²) in [5.74, 6) is 2.08. The van der Waals surface area contributed by atoms with E-state index in [0.29, 0.717) is 22.3 Å². The van der Waals surface area contributed by atoms with Gasteiger partial charge in [0, 0.05) is 27.9 Å². The first-order valence-corrected chi connectivity index (χ1v) is 10.9. The molecule has 7 nitrogen and oxygen atoms in total. The second kappa shape index (κ2) is 9.32. The van der Waals surface area contributed by atoms with E-state index in [1.165, 1.54) is 16.6 Å². The molecule has 29 heavy (non-hydrogen) atoms. The minimum atomic E-state index is -0.159. The Morgan fingerprint density at radius 2 is 2.03 bits per heavy atom. The van der Waals surface area contributed by atoms with Crippen molar-refractivity contribution in [1.29, 1.82) is 0 Å². The SMILES string of the molecule is COc1ccc(OC)c(NC(=O)CSc2nnc(-c3csc(C)c3)n2C(C)C)c1. The van der Waals surface area contributed by atoms with Gasteiger partial charge in [-0.1, -0.05) is 11.8 Å². The Hall–Kier alpha value is -2.52. The molecule has 1 aromatic carbocycles. The fraction of sp³-hybridized carbons (Fsp3) is 0.350. The molecule has 0 radical (unpaired) electrons. The summed E-state index contributed by atoms with van der Waals surface area (Å²) >= 11 is 3.04. The lowest BCUT2D eigenvalue weighted by molar-refractivity contribution is -0.113. The Labute approximate surface area is 178 Å². The van der Waals surface area contributed by atoms with Crippen LogP contribution in [0, 0.1) is 6.92 Å². The van der Waals surface area contributed by atoms with Gasteiger partial charge in [-0.3, -0.25) is 9.36 Å². The topological polar surface area (TPSA) is 78.3 Å². The highest BCUT2D eigenvalue weighted by Crippen LogP contribution is 2.31. The number of aryl methyl sites for hydroxylation is 1. The number of amides is 1. The van der Waals surface area contributed by atoms with Crippen LogP contribution < -0.4 is 14.8 Å². The average molecular weight is 433 g/mol. The van der Waals surface area contributed by atoms with Gasteiger partial charge in [0.25, 0.3) is 0 Å². The van der Waals surface area contributed by atoms with Gasteiger partial charge in [-0.15, -0.1) is 21.5 Å². The van der Waals surface area contributed by atoms with Crippen LogP contribution in [0.25, 0.3) is 11.4 Å². The lowest BCUT2D eigenvalue weighted by atomic mass is 10.2. The second-order valence-corrected chi connectivity index (χ2v) is 8.68. The molecule has 0 bridgehead atoms. The van der Waals surface area contributed by atoms with E-state index in [-0.39, 0.29) is 17.7 Å². The molecule has 2 aromatic heterocycles. The fourth-order valence-corrected chi connectivity index (χ4v) is 4.38. The molecule has 0 aliphatic heterocycles. The molecule has 154 valence electrons. The zero-order valence-electron chi connectivity index (χ0n) is 17.1. The van der Waals surface area contributed by atoms with Crippen LogP contribution in [0.1, 0.15) is 24.8 Å². The van der Waals surface area contributed by atoms with E-state index < -0.39 is 0 Å². The van der Waals surface area contributed by atoms with Crippen molar-refractivity contribution in [1.82, 2.24) is 14.8 Å². The molecule has 0 aliphatic carbocycles. The van der Waals surface area contributed by atoms with Crippen LogP contribution in [-0.2, 0) is 4.79 Å². The monoisotopic (exact) mass is 432 g/mol. The molecule has 3 rings (SSSR count). The zero-order chi connectivity index (χ0) is 21.0. The number of hydrogen-bond acceptors (Lipinski definition) is 7. The van der Waals surface area contributed by atoms with Gasteiger partial charge >= 0.3 is 0 Å². The number of thioether (sulfide) groups is 1. The summed E-state index contributed by atoms with van der Waals surface area (Å²) in [5, 5.41) is 14.4. The summed E-state index contributed by atoms with van der Waals surface area (Å²) in [6.07, 6.45) is 0. The van der Waals surface area contributed by atoms with Crippen LogP contribution >= 0.6 is 23.1 Å². The Bertz CT molecular complexity index is 998. The summed E-state index contributed by atoms with van der Waals surface area (Å²) in [7, 11) is 3.14. The van der Waals surface area contributed by atoms with Gasteiger partial charge in [0.2, 0.25) is 5.91 Å². The van der Waals surface area contributed by atoms with Crippen molar-refractivity contribution in [2.75, 3.05) is 25.3 Å². The number of hydrogen-bond donors (Lipinski definition) is 1. The van der Waals surface area contributed by atoms with Gasteiger partial charge in [-0.25, -0.2) is 0 Å². The molecule has 0 fully saturated rings. The van der Waals surface area contributed by atoms with E-state index in [2.05, 4.69) is 52.3 Å². The van der Waals surface area contributed by atoms with Crippen LogP contribution in [0.3, 0.4) is 0 Å². The number of thiophene rings is 1. The van der Waals surface area contributed by atoms with E-state index in [4.69, 9.17) is 9.47 Å². The molecule has 0 saturated heterocycles. The van der Waals surface area contributed by atoms with E-state index in [9.17, 15) is 4.79 Å². The first-order chi connectivity index (χ1) is 13.9. The first-order valence-electron chi connectivity index (χ1n) is 9.08. The van der Waals surface area contributed by atoms with Crippen molar-refractivity contribution in [3.8, 4) is 22.9 Å². The standard InChI is InChI=1S/C20H24N4O3S2/c1-12(2)24-19(14-8-13(3)28-10-14)22-23-20(24)29-11-18(25)21-16-9-15(26-4)6-7-17(16)27-5/h6-10,12H,11H2,1-5H3,(H,21,25). The molecule has 0 atom stereocenters. The quantitative estimate of drug-likeness (QED) is 0.522. The largest absolute Gasteiger partial charge is 0.497 e. The van der Waals surface area contributed by atoms with Crippen molar-refractivity contribution in [2.24, 2.45) is 0 Å². The Balaban J connectivity index is 1.73. The molecule has 0 aliphatic rings. The molecule has 0 saturated carbocycles. The highest BCUT2D eigenvalue weighted by Gasteiger charge is 2.19. The number of methoxy groups -OCH3 is 2. The highest BCUT2D eigenvalue weighted by atomic mass is 32.2. The van der Waals surface area contributed by atoms with E-state index in [1.54, 1.807) is 43.8 Å². The van der Waals surface area contributed by atoms with Crippen LogP contribution in [0.4, 0.5) is 5.69 Å². The molecule has 0 unspecified atom stereocenters. The molecule has 3 aromatic rings. The maximum atomic E-state index is 12.5. The molecule has 1 amide bonds. The maximum Gasteiger partial charge on any atom is 0.234 e. The maximum absolute atomic E-state index is 12.5. The summed E-state index contributed by atoms with van der Waals surface area (Å²) < 4.78 is 12.6. The van der Waals surface area contributed by atoms with E-state index >= 15 is 0 Å².